The second kappa shape index (κ2) is 7.14. The lowest BCUT2D eigenvalue weighted by atomic mass is 10.0. The van der Waals surface area contributed by atoms with E-state index in [9.17, 15) is 4.79 Å². The van der Waals surface area contributed by atoms with Gasteiger partial charge < -0.3 is 20.7 Å². The summed E-state index contributed by atoms with van der Waals surface area (Å²) in [7, 11) is 1.69. The molecule has 3 N–H and O–H groups in total. The average Bonchev–Trinajstić information content (AvgIpc) is 2.48. The van der Waals surface area contributed by atoms with Crippen LogP contribution >= 0.6 is 0 Å². The summed E-state index contributed by atoms with van der Waals surface area (Å²) in [4.78, 5) is 13.8. The normalized spacial score (nSPS) is 16.0. The molecule has 110 valence electrons. The number of ether oxygens (including phenoxy) is 1. The summed E-state index contributed by atoms with van der Waals surface area (Å²) < 4.78 is 5.40. The van der Waals surface area contributed by atoms with Crippen LogP contribution in [0.1, 0.15) is 19.3 Å². The van der Waals surface area contributed by atoms with Crippen molar-refractivity contribution in [2.75, 3.05) is 31.6 Å². The first-order chi connectivity index (χ1) is 9.74. The summed E-state index contributed by atoms with van der Waals surface area (Å²) in [5.74, 6) is 0.960. The van der Waals surface area contributed by atoms with E-state index < -0.39 is 0 Å². The Hall–Kier alpha value is -1.75. The Morgan fingerprint density at radius 1 is 1.40 bits per heavy atom. The predicted molar refractivity (Wildman–Crippen MR) is 80.0 cm³/mol. The van der Waals surface area contributed by atoms with Crippen LogP contribution in [-0.2, 0) is 4.79 Å². The monoisotopic (exact) mass is 277 g/mol. The summed E-state index contributed by atoms with van der Waals surface area (Å²) in [5.41, 5.74) is 6.51. The van der Waals surface area contributed by atoms with E-state index in [1.54, 1.807) is 7.11 Å². The molecule has 5 nitrogen and oxygen atoms in total. The highest BCUT2D eigenvalue weighted by Gasteiger charge is 2.22. The largest absolute Gasteiger partial charge is 0.495 e. The number of hydrogen-bond donors (Lipinski definition) is 2. The molecular weight excluding hydrogens is 254 g/mol. The first-order valence-corrected chi connectivity index (χ1v) is 7.12. The highest BCUT2D eigenvalue weighted by molar-refractivity contribution is 5.76. The number of nitrogens with one attached hydrogen (secondary N) is 1. The fraction of sp³-hybridized carbons (Fsp3) is 0.533. The molecule has 1 fully saturated rings. The predicted octanol–water partition coefficient (Wildman–Crippen LogP) is 1.13. The number of para-hydroxylation sites is 2. The van der Waals surface area contributed by atoms with Crippen LogP contribution in [-0.4, -0.2) is 38.7 Å². The molecule has 1 saturated heterocycles. The Bertz CT molecular complexity index is 442. The Morgan fingerprint density at radius 3 is 2.75 bits per heavy atom. The average molecular weight is 277 g/mol. The van der Waals surface area contributed by atoms with Gasteiger partial charge in [-0.3, -0.25) is 4.79 Å². The van der Waals surface area contributed by atoms with Crippen molar-refractivity contribution in [2.45, 2.75) is 25.3 Å². The van der Waals surface area contributed by atoms with E-state index in [0.29, 0.717) is 13.0 Å². The second-order valence-corrected chi connectivity index (χ2v) is 5.04. The van der Waals surface area contributed by atoms with E-state index in [1.807, 2.05) is 18.2 Å². The zero-order chi connectivity index (χ0) is 14.4. The molecule has 0 aromatic heterocycles. The van der Waals surface area contributed by atoms with Crippen molar-refractivity contribution in [2.24, 2.45) is 5.73 Å². The highest BCUT2D eigenvalue weighted by atomic mass is 16.5. The molecule has 0 atom stereocenters. The van der Waals surface area contributed by atoms with Gasteiger partial charge in [0.25, 0.3) is 0 Å². The number of amides is 1. The third-order valence-electron chi connectivity index (χ3n) is 3.66. The molecule has 0 radical (unpaired) electrons. The molecule has 0 unspecified atom stereocenters. The van der Waals surface area contributed by atoms with Gasteiger partial charge in [-0.05, 0) is 25.0 Å². The molecule has 2 rings (SSSR count). The Kier molecular flexibility index (Phi) is 5.24. The van der Waals surface area contributed by atoms with Crippen LogP contribution in [0.4, 0.5) is 5.69 Å². The quantitative estimate of drug-likeness (QED) is 0.846. The van der Waals surface area contributed by atoms with E-state index in [0.717, 1.165) is 37.4 Å². The third kappa shape index (κ3) is 3.63. The number of rotatable bonds is 5. The maximum Gasteiger partial charge on any atom is 0.221 e. The number of benzene rings is 1. The van der Waals surface area contributed by atoms with Crippen molar-refractivity contribution in [3.63, 3.8) is 0 Å². The smallest absolute Gasteiger partial charge is 0.221 e. The first-order valence-electron chi connectivity index (χ1n) is 7.12. The van der Waals surface area contributed by atoms with Crippen molar-refractivity contribution >= 4 is 11.6 Å². The summed E-state index contributed by atoms with van der Waals surface area (Å²) in [6, 6.07) is 8.31. The lowest BCUT2D eigenvalue weighted by molar-refractivity contribution is -0.121. The Labute approximate surface area is 120 Å². The van der Waals surface area contributed by atoms with Gasteiger partial charge in [0.1, 0.15) is 5.75 Å². The van der Waals surface area contributed by atoms with Crippen LogP contribution in [0.5, 0.6) is 5.75 Å². The van der Waals surface area contributed by atoms with Gasteiger partial charge in [-0.15, -0.1) is 0 Å². The number of methoxy groups -OCH3 is 1. The molecule has 0 aliphatic carbocycles. The maximum atomic E-state index is 11.5. The van der Waals surface area contributed by atoms with E-state index in [4.69, 9.17) is 10.5 Å². The molecule has 0 spiro atoms. The zero-order valence-corrected chi connectivity index (χ0v) is 12.0. The fourth-order valence-electron chi connectivity index (χ4n) is 2.59. The summed E-state index contributed by atoms with van der Waals surface area (Å²) >= 11 is 0. The third-order valence-corrected chi connectivity index (χ3v) is 3.66. The zero-order valence-electron chi connectivity index (χ0n) is 12.0. The minimum absolute atomic E-state index is 0.0586. The summed E-state index contributed by atoms with van der Waals surface area (Å²) in [6.45, 7) is 2.26. The van der Waals surface area contributed by atoms with Crippen molar-refractivity contribution in [1.82, 2.24) is 5.32 Å². The number of piperidine rings is 1. The summed E-state index contributed by atoms with van der Waals surface area (Å²) in [6.07, 6.45) is 2.31. The van der Waals surface area contributed by atoms with Gasteiger partial charge in [0.15, 0.2) is 0 Å². The van der Waals surface area contributed by atoms with Crippen LogP contribution in [0.2, 0.25) is 0 Å². The molecule has 1 aromatic rings. The van der Waals surface area contributed by atoms with Gasteiger partial charge in [0, 0.05) is 32.1 Å². The minimum atomic E-state index is 0.0586. The summed E-state index contributed by atoms with van der Waals surface area (Å²) in [5, 5.41) is 3.04. The van der Waals surface area contributed by atoms with E-state index in [1.165, 1.54) is 0 Å². The number of hydrogen-bond acceptors (Lipinski definition) is 4. The van der Waals surface area contributed by atoms with E-state index >= 15 is 0 Å². The number of carbonyl (C=O) groups excluding carboxylic acids is 1. The Balaban J connectivity index is 1.89. The molecule has 5 heteroatoms. The first kappa shape index (κ1) is 14.7. The molecule has 20 heavy (non-hydrogen) atoms. The van der Waals surface area contributed by atoms with Gasteiger partial charge in [-0.1, -0.05) is 12.1 Å². The lowest BCUT2D eigenvalue weighted by Gasteiger charge is -2.34. The standard InChI is InChI=1S/C15H23N3O2/c1-20-14-5-3-2-4-13(14)18-10-7-12(8-11-18)17-15(19)6-9-16/h2-5,12H,6-11,16H2,1H3,(H,17,19). The fourth-order valence-corrected chi connectivity index (χ4v) is 2.59. The molecule has 1 heterocycles. The van der Waals surface area contributed by atoms with Crippen LogP contribution in [0.15, 0.2) is 24.3 Å². The number of nitrogens with zero attached hydrogens (tertiary/aromatic N) is 1. The number of carbonyl (C=O) groups is 1. The van der Waals surface area contributed by atoms with Gasteiger partial charge >= 0.3 is 0 Å². The number of nitrogens with two attached hydrogens (primary N) is 1. The van der Waals surface area contributed by atoms with Gasteiger partial charge in [-0.2, -0.15) is 0 Å². The topological polar surface area (TPSA) is 67.6 Å². The van der Waals surface area contributed by atoms with E-state index in [-0.39, 0.29) is 11.9 Å². The molecule has 0 saturated carbocycles. The Morgan fingerprint density at radius 2 is 2.10 bits per heavy atom. The van der Waals surface area contributed by atoms with Crippen LogP contribution in [0.3, 0.4) is 0 Å². The van der Waals surface area contributed by atoms with Gasteiger partial charge in [0.05, 0.1) is 12.8 Å². The van der Waals surface area contributed by atoms with Crippen molar-refractivity contribution < 1.29 is 9.53 Å². The molecule has 1 aliphatic rings. The van der Waals surface area contributed by atoms with Crippen LogP contribution < -0.4 is 20.7 Å². The maximum absolute atomic E-state index is 11.5. The molecule has 1 aliphatic heterocycles. The molecule has 1 aromatic carbocycles. The van der Waals surface area contributed by atoms with Crippen molar-refractivity contribution in [3.05, 3.63) is 24.3 Å². The van der Waals surface area contributed by atoms with Gasteiger partial charge in [-0.25, -0.2) is 0 Å². The van der Waals surface area contributed by atoms with Crippen molar-refractivity contribution in [3.8, 4) is 5.75 Å². The van der Waals surface area contributed by atoms with Gasteiger partial charge in [0.2, 0.25) is 5.91 Å². The van der Waals surface area contributed by atoms with E-state index in [2.05, 4.69) is 16.3 Å². The second-order valence-electron chi connectivity index (χ2n) is 5.04. The van der Waals surface area contributed by atoms with Crippen LogP contribution in [0.25, 0.3) is 0 Å². The van der Waals surface area contributed by atoms with Crippen LogP contribution in [0, 0.1) is 0 Å². The molecule has 1 amide bonds. The molecule has 0 bridgehead atoms. The lowest BCUT2D eigenvalue weighted by Crippen LogP contribution is -2.45. The highest BCUT2D eigenvalue weighted by Crippen LogP contribution is 2.29. The van der Waals surface area contributed by atoms with Crippen molar-refractivity contribution in [1.29, 1.82) is 0 Å². The molecular formula is C15H23N3O2. The number of anilines is 1. The SMILES string of the molecule is COc1ccccc1N1CCC(NC(=O)CCN)CC1. The minimum Gasteiger partial charge on any atom is -0.495 e.